The van der Waals surface area contributed by atoms with Crippen LogP contribution in [-0.4, -0.2) is 11.8 Å². The Balaban J connectivity index is 1.97. The molecule has 1 aliphatic heterocycles. The SMILES string of the molecule is O=C1C(Cl)=C(Nc2ccc(Cl)cc2)C(=O)N1c1cc(C(F)(F)F)ccc1Cl. The Morgan fingerprint density at radius 1 is 0.889 bits per heavy atom. The minimum absolute atomic E-state index is 0.207. The van der Waals surface area contributed by atoms with Gasteiger partial charge in [0, 0.05) is 10.7 Å². The summed E-state index contributed by atoms with van der Waals surface area (Å²) in [6.45, 7) is 0. The third-order valence-corrected chi connectivity index (χ3v) is 4.58. The molecular formula is C17H8Cl3F3N2O2. The molecule has 2 amide bonds. The summed E-state index contributed by atoms with van der Waals surface area (Å²) in [5.41, 5.74) is -1.34. The minimum Gasteiger partial charge on any atom is -0.350 e. The number of imide groups is 1. The minimum atomic E-state index is -4.67. The van der Waals surface area contributed by atoms with Crippen LogP contribution in [0.5, 0.6) is 0 Å². The van der Waals surface area contributed by atoms with Gasteiger partial charge in [-0.1, -0.05) is 34.8 Å². The summed E-state index contributed by atoms with van der Waals surface area (Å²) in [6, 6.07) is 8.49. The van der Waals surface area contributed by atoms with Crippen molar-refractivity contribution in [2.75, 3.05) is 10.2 Å². The zero-order valence-corrected chi connectivity index (χ0v) is 15.3. The largest absolute Gasteiger partial charge is 0.416 e. The van der Waals surface area contributed by atoms with E-state index in [1.165, 1.54) is 12.1 Å². The van der Waals surface area contributed by atoms with E-state index in [4.69, 9.17) is 34.8 Å². The average molecular weight is 436 g/mol. The molecule has 1 N–H and O–H groups in total. The molecule has 0 saturated heterocycles. The van der Waals surface area contributed by atoms with Crippen molar-refractivity contribution in [2.24, 2.45) is 0 Å². The third-order valence-electron chi connectivity index (χ3n) is 3.66. The smallest absolute Gasteiger partial charge is 0.350 e. The van der Waals surface area contributed by atoms with Crippen molar-refractivity contribution in [1.82, 2.24) is 0 Å². The maximum atomic E-state index is 13.0. The van der Waals surface area contributed by atoms with Gasteiger partial charge in [0.05, 0.1) is 16.3 Å². The second-order valence-corrected chi connectivity index (χ2v) is 6.65. The molecule has 1 heterocycles. The van der Waals surface area contributed by atoms with Gasteiger partial charge in [-0.3, -0.25) is 9.59 Å². The van der Waals surface area contributed by atoms with Crippen LogP contribution in [0.4, 0.5) is 24.5 Å². The Morgan fingerprint density at radius 3 is 2.11 bits per heavy atom. The quantitative estimate of drug-likeness (QED) is 0.653. The molecule has 0 aliphatic carbocycles. The summed E-state index contributed by atoms with van der Waals surface area (Å²) >= 11 is 17.6. The van der Waals surface area contributed by atoms with Gasteiger partial charge < -0.3 is 5.32 Å². The highest BCUT2D eigenvalue weighted by molar-refractivity contribution is 6.53. The Morgan fingerprint density at radius 2 is 1.52 bits per heavy atom. The summed E-state index contributed by atoms with van der Waals surface area (Å²) in [7, 11) is 0. The van der Waals surface area contributed by atoms with E-state index in [9.17, 15) is 22.8 Å². The first-order valence-corrected chi connectivity index (χ1v) is 8.41. The van der Waals surface area contributed by atoms with Crippen molar-refractivity contribution in [3.8, 4) is 0 Å². The predicted octanol–water partition coefficient (Wildman–Crippen LogP) is 5.45. The van der Waals surface area contributed by atoms with Crippen LogP contribution in [0.2, 0.25) is 10.0 Å². The van der Waals surface area contributed by atoms with E-state index in [2.05, 4.69) is 5.32 Å². The van der Waals surface area contributed by atoms with Gasteiger partial charge in [-0.2, -0.15) is 13.2 Å². The van der Waals surface area contributed by atoms with E-state index in [-0.39, 0.29) is 10.7 Å². The van der Waals surface area contributed by atoms with Gasteiger partial charge in [-0.25, -0.2) is 4.90 Å². The Bertz CT molecular complexity index is 972. The van der Waals surface area contributed by atoms with Crippen LogP contribution in [0.25, 0.3) is 0 Å². The zero-order chi connectivity index (χ0) is 19.9. The molecule has 0 radical (unpaired) electrons. The fourth-order valence-corrected chi connectivity index (χ4v) is 2.91. The molecule has 2 aromatic rings. The molecule has 0 saturated carbocycles. The van der Waals surface area contributed by atoms with Crippen LogP contribution in [-0.2, 0) is 15.8 Å². The molecule has 0 unspecified atom stereocenters. The van der Waals surface area contributed by atoms with Crippen molar-refractivity contribution in [2.45, 2.75) is 6.18 Å². The molecule has 0 fully saturated rings. The number of carbonyl (C=O) groups excluding carboxylic acids is 2. The number of hydrogen-bond donors (Lipinski definition) is 1. The maximum absolute atomic E-state index is 13.0. The average Bonchev–Trinajstić information content (AvgIpc) is 2.80. The van der Waals surface area contributed by atoms with Gasteiger partial charge in [0.15, 0.2) is 0 Å². The second kappa shape index (κ2) is 7.07. The van der Waals surface area contributed by atoms with Gasteiger partial charge >= 0.3 is 6.18 Å². The molecular weight excluding hydrogens is 428 g/mol. The first kappa shape index (κ1) is 19.5. The lowest BCUT2D eigenvalue weighted by Gasteiger charge is -2.18. The zero-order valence-electron chi connectivity index (χ0n) is 13.1. The van der Waals surface area contributed by atoms with E-state index in [0.717, 1.165) is 12.1 Å². The fraction of sp³-hybridized carbons (Fsp3) is 0.0588. The number of rotatable bonds is 3. The van der Waals surface area contributed by atoms with Gasteiger partial charge in [0.1, 0.15) is 10.7 Å². The standard InChI is InChI=1S/C17H8Cl3F3N2O2/c18-9-2-4-10(5-3-9)24-14-13(20)15(26)25(16(14)27)12-7-8(17(21,22)23)1-6-11(12)19/h1-7,24H. The van der Waals surface area contributed by atoms with E-state index < -0.39 is 34.3 Å². The highest BCUT2D eigenvalue weighted by atomic mass is 35.5. The molecule has 0 aromatic heterocycles. The van der Waals surface area contributed by atoms with Crippen molar-refractivity contribution >= 4 is 58.0 Å². The lowest BCUT2D eigenvalue weighted by atomic mass is 10.2. The summed E-state index contributed by atoms with van der Waals surface area (Å²) < 4.78 is 38.9. The molecule has 1 aliphatic rings. The summed E-state index contributed by atoms with van der Waals surface area (Å²) in [5, 5.41) is 2.45. The monoisotopic (exact) mass is 434 g/mol. The fourth-order valence-electron chi connectivity index (χ4n) is 2.37. The summed E-state index contributed by atoms with van der Waals surface area (Å²) in [4.78, 5) is 25.5. The van der Waals surface area contributed by atoms with E-state index in [1.807, 2.05) is 0 Å². The predicted molar refractivity (Wildman–Crippen MR) is 96.9 cm³/mol. The van der Waals surface area contributed by atoms with Gasteiger partial charge in [-0.05, 0) is 42.5 Å². The number of halogens is 6. The van der Waals surface area contributed by atoms with Crippen molar-refractivity contribution in [3.63, 3.8) is 0 Å². The Labute approximate surface area is 166 Å². The molecule has 0 atom stereocenters. The molecule has 140 valence electrons. The number of nitrogens with zero attached hydrogens (tertiary/aromatic N) is 1. The normalized spacial score (nSPS) is 15.0. The Kier molecular flexibility index (Phi) is 5.12. The lowest BCUT2D eigenvalue weighted by Crippen LogP contribution is -2.32. The number of alkyl halides is 3. The molecule has 2 aromatic carbocycles. The molecule has 10 heteroatoms. The van der Waals surface area contributed by atoms with Gasteiger partial charge in [0.25, 0.3) is 11.8 Å². The van der Waals surface area contributed by atoms with Crippen LogP contribution in [0.15, 0.2) is 53.2 Å². The van der Waals surface area contributed by atoms with E-state index >= 15 is 0 Å². The van der Waals surface area contributed by atoms with Crippen LogP contribution in [0.1, 0.15) is 5.56 Å². The highest BCUT2D eigenvalue weighted by Crippen LogP contribution is 2.38. The highest BCUT2D eigenvalue weighted by Gasteiger charge is 2.41. The van der Waals surface area contributed by atoms with E-state index in [1.54, 1.807) is 12.1 Å². The molecule has 4 nitrogen and oxygen atoms in total. The van der Waals surface area contributed by atoms with Crippen LogP contribution < -0.4 is 10.2 Å². The molecule has 0 spiro atoms. The Hall–Kier alpha value is -2.22. The number of carbonyl (C=O) groups is 2. The van der Waals surface area contributed by atoms with E-state index in [0.29, 0.717) is 21.7 Å². The molecule has 3 rings (SSSR count). The summed E-state index contributed by atoms with van der Waals surface area (Å²) in [6.07, 6.45) is -4.67. The number of amides is 2. The lowest BCUT2D eigenvalue weighted by molar-refractivity contribution is -0.137. The van der Waals surface area contributed by atoms with Gasteiger partial charge in [-0.15, -0.1) is 0 Å². The topological polar surface area (TPSA) is 49.4 Å². The summed E-state index contributed by atoms with van der Waals surface area (Å²) in [5.74, 6) is -1.92. The number of hydrogen-bond acceptors (Lipinski definition) is 3. The maximum Gasteiger partial charge on any atom is 0.416 e. The van der Waals surface area contributed by atoms with Crippen molar-refractivity contribution < 1.29 is 22.8 Å². The number of benzene rings is 2. The second-order valence-electron chi connectivity index (χ2n) is 5.43. The van der Waals surface area contributed by atoms with Crippen LogP contribution >= 0.6 is 34.8 Å². The van der Waals surface area contributed by atoms with Crippen LogP contribution in [0.3, 0.4) is 0 Å². The third kappa shape index (κ3) is 3.76. The number of nitrogens with one attached hydrogen (secondary N) is 1. The number of anilines is 2. The molecule has 0 bridgehead atoms. The first-order chi connectivity index (χ1) is 12.6. The molecule has 27 heavy (non-hydrogen) atoms. The van der Waals surface area contributed by atoms with Gasteiger partial charge in [0.2, 0.25) is 0 Å². The van der Waals surface area contributed by atoms with Crippen molar-refractivity contribution in [1.29, 1.82) is 0 Å². The first-order valence-electron chi connectivity index (χ1n) is 7.27. The van der Waals surface area contributed by atoms with Crippen LogP contribution in [0, 0.1) is 0 Å². The van der Waals surface area contributed by atoms with Crippen molar-refractivity contribution in [3.05, 3.63) is 68.8 Å².